The maximum absolute atomic E-state index is 13.7. The highest BCUT2D eigenvalue weighted by atomic mass is 32.2. The van der Waals surface area contributed by atoms with E-state index in [0.29, 0.717) is 13.2 Å². The minimum absolute atomic E-state index is 0.152. The van der Waals surface area contributed by atoms with Crippen molar-refractivity contribution in [3.05, 3.63) is 23.8 Å². The van der Waals surface area contributed by atoms with E-state index in [1.165, 1.54) is 0 Å². The Hall–Kier alpha value is -1.25. The van der Waals surface area contributed by atoms with Crippen molar-refractivity contribution in [3.63, 3.8) is 0 Å². The number of benzene rings is 1. The summed E-state index contributed by atoms with van der Waals surface area (Å²) >= 11 is 0. The normalized spacial score (nSPS) is 17.3. The number of halogens is 2. The van der Waals surface area contributed by atoms with Crippen LogP contribution in [0.4, 0.5) is 14.5 Å². The van der Waals surface area contributed by atoms with Crippen LogP contribution >= 0.6 is 0 Å². The molecule has 1 heterocycles. The van der Waals surface area contributed by atoms with E-state index < -0.39 is 32.2 Å². The van der Waals surface area contributed by atoms with Crippen LogP contribution in [0.1, 0.15) is 12.8 Å². The van der Waals surface area contributed by atoms with Gasteiger partial charge in [-0.1, -0.05) is 0 Å². The van der Waals surface area contributed by atoms with E-state index >= 15 is 0 Å². The average molecular weight is 306 g/mol. The van der Waals surface area contributed by atoms with Crippen LogP contribution in [0.15, 0.2) is 17.0 Å². The summed E-state index contributed by atoms with van der Waals surface area (Å²) in [5.41, 5.74) is 4.37. The zero-order valence-corrected chi connectivity index (χ0v) is 11.6. The molecule has 1 aliphatic heterocycles. The van der Waals surface area contributed by atoms with Gasteiger partial charge in [-0.05, 0) is 30.9 Å². The van der Waals surface area contributed by atoms with Crippen molar-refractivity contribution >= 4 is 15.7 Å². The SMILES string of the molecule is Nc1c(F)ccc(S(=O)(=O)NCC2CCOCC2)c1F. The number of nitrogens with two attached hydrogens (primary N) is 1. The topological polar surface area (TPSA) is 81.4 Å². The highest BCUT2D eigenvalue weighted by Gasteiger charge is 2.24. The van der Waals surface area contributed by atoms with Gasteiger partial charge in [0.25, 0.3) is 0 Å². The van der Waals surface area contributed by atoms with Gasteiger partial charge in [-0.25, -0.2) is 21.9 Å². The Morgan fingerprint density at radius 2 is 1.95 bits per heavy atom. The van der Waals surface area contributed by atoms with E-state index in [1.807, 2.05) is 0 Å². The summed E-state index contributed by atoms with van der Waals surface area (Å²) in [5.74, 6) is -2.09. The molecule has 1 aromatic carbocycles. The van der Waals surface area contributed by atoms with Crippen LogP contribution in [0.25, 0.3) is 0 Å². The number of anilines is 1. The lowest BCUT2D eigenvalue weighted by Gasteiger charge is -2.22. The van der Waals surface area contributed by atoms with Crippen LogP contribution in [0.5, 0.6) is 0 Å². The van der Waals surface area contributed by atoms with Crippen molar-refractivity contribution in [2.24, 2.45) is 5.92 Å². The summed E-state index contributed by atoms with van der Waals surface area (Å²) in [7, 11) is -4.04. The van der Waals surface area contributed by atoms with Crippen LogP contribution in [0.2, 0.25) is 0 Å². The Morgan fingerprint density at radius 3 is 2.60 bits per heavy atom. The van der Waals surface area contributed by atoms with Crippen molar-refractivity contribution in [2.75, 3.05) is 25.5 Å². The Morgan fingerprint density at radius 1 is 1.30 bits per heavy atom. The van der Waals surface area contributed by atoms with Gasteiger partial charge in [0.15, 0.2) is 5.82 Å². The number of nitrogens with one attached hydrogen (secondary N) is 1. The molecule has 1 fully saturated rings. The van der Waals surface area contributed by atoms with Crippen LogP contribution in [-0.4, -0.2) is 28.2 Å². The molecule has 1 aromatic rings. The van der Waals surface area contributed by atoms with Gasteiger partial charge in [0.1, 0.15) is 16.4 Å². The van der Waals surface area contributed by atoms with E-state index in [2.05, 4.69) is 4.72 Å². The van der Waals surface area contributed by atoms with E-state index in [0.717, 1.165) is 25.0 Å². The molecule has 112 valence electrons. The zero-order chi connectivity index (χ0) is 14.8. The van der Waals surface area contributed by atoms with Crippen LogP contribution < -0.4 is 10.5 Å². The van der Waals surface area contributed by atoms with Crippen LogP contribution in [0, 0.1) is 17.6 Å². The molecule has 1 saturated heterocycles. The molecule has 8 heteroatoms. The molecular weight excluding hydrogens is 290 g/mol. The van der Waals surface area contributed by atoms with Crippen molar-refractivity contribution < 1.29 is 21.9 Å². The summed E-state index contributed by atoms with van der Waals surface area (Å²) in [6, 6.07) is 1.70. The molecule has 0 bridgehead atoms. The molecule has 2 rings (SSSR count). The molecule has 5 nitrogen and oxygen atoms in total. The second kappa shape index (κ2) is 6.02. The largest absolute Gasteiger partial charge is 0.394 e. The fourth-order valence-corrected chi connectivity index (χ4v) is 3.22. The predicted octanol–water partition coefficient (Wildman–Crippen LogP) is 1.25. The Labute approximate surface area is 116 Å². The van der Waals surface area contributed by atoms with Gasteiger partial charge in [-0.15, -0.1) is 0 Å². The average Bonchev–Trinajstić information content (AvgIpc) is 2.44. The lowest BCUT2D eigenvalue weighted by molar-refractivity contribution is 0.0678. The summed E-state index contributed by atoms with van der Waals surface area (Å²) in [6.07, 6.45) is 1.49. The van der Waals surface area contributed by atoms with Crippen molar-refractivity contribution in [3.8, 4) is 0 Å². The van der Waals surface area contributed by atoms with E-state index in [4.69, 9.17) is 10.5 Å². The van der Waals surface area contributed by atoms with E-state index in [1.54, 1.807) is 0 Å². The van der Waals surface area contributed by atoms with Crippen molar-refractivity contribution in [1.82, 2.24) is 4.72 Å². The first kappa shape index (κ1) is 15.1. The van der Waals surface area contributed by atoms with Crippen LogP contribution in [0.3, 0.4) is 0 Å². The second-order valence-electron chi connectivity index (χ2n) is 4.68. The molecular formula is C12H16F2N2O3S. The summed E-state index contributed by atoms with van der Waals surface area (Å²) < 4.78 is 58.2. The summed E-state index contributed by atoms with van der Waals surface area (Å²) in [5, 5.41) is 0. The number of sulfonamides is 1. The lowest BCUT2D eigenvalue weighted by atomic mass is 10.0. The third-order valence-corrected chi connectivity index (χ3v) is 4.72. The molecule has 0 aromatic heterocycles. The van der Waals surface area contributed by atoms with E-state index in [-0.39, 0.29) is 12.5 Å². The second-order valence-corrected chi connectivity index (χ2v) is 6.42. The molecule has 0 atom stereocenters. The Kier molecular flexibility index (Phi) is 4.56. The standard InChI is InChI=1S/C12H16F2N2O3S/c13-9-1-2-10(11(14)12(9)15)20(17,18)16-7-8-3-5-19-6-4-8/h1-2,8,16H,3-7,15H2. The third kappa shape index (κ3) is 3.25. The number of nitrogen functional groups attached to an aromatic ring is 1. The van der Waals surface area contributed by atoms with Gasteiger partial charge in [-0.3, -0.25) is 0 Å². The summed E-state index contributed by atoms with van der Waals surface area (Å²) in [4.78, 5) is -0.636. The molecule has 3 N–H and O–H groups in total. The van der Waals surface area contributed by atoms with Gasteiger partial charge in [0.05, 0.1) is 0 Å². The first-order chi connectivity index (χ1) is 9.42. The van der Waals surface area contributed by atoms with Gasteiger partial charge in [-0.2, -0.15) is 0 Å². The Bertz CT molecular complexity index is 587. The Balaban J connectivity index is 2.12. The van der Waals surface area contributed by atoms with Crippen molar-refractivity contribution in [2.45, 2.75) is 17.7 Å². The number of hydrogen-bond donors (Lipinski definition) is 2. The number of hydrogen-bond acceptors (Lipinski definition) is 4. The fourth-order valence-electron chi connectivity index (χ4n) is 2.01. The van der Waals surface area contributed by atoms with Gasteiger partial charge in [0, 0.05) is 19.8 Å². The lowest BCUT2D eigenvalue weighted by Crippen LogP contribution is -2.32. The minimum atomic E-state index is -4.04. The van der Waals surface area contributed by atoms with Crippen molar-refractivity contribution in [1.29, 1.82) is 0 Å². The summed E-state index contributed by atoms with van der Waals surface area (Å²) in [6.45, 7) is 1.37. The van der Waals surface area contributed by atoms with Crippen LogP contribution in [-0.2, 0) is 14.8 Å². The minimum Gasteiger partial charge on any atom is -0.394 e. The van der Waals surface area contributed by atoms with Gasteiger partial charge in [0.2, 0.25) is 10.0 Å². The molecule has 1 aliphatic rings. The highest BCUT2D eigenvalue weighted by molar-refractivity contribution is 7.89. The maximum Gasteiger partial charge on any atom is 0.243 e. The number of rotatable bonds is 4. The predicted molar refractivity (Wildman–Crippen MR) is 69.5 cm³/mol. The van der Waals surface area contributed by atoms with Gasteiger partial charge < -0.3 is 10.5 Å². The monoisotopic (exact) mass is 306 g/mol. The fraction of sp³-hybridized carbons (Fsp3) is 0.500. The molecule has 0 amide bonds. The molecule has 0 radical (unpaired) electrons. The molecule has 0 saturated carbocycles. The molecule has 0 unspecified atom stereocenters. The third-order valence-electron chi connectivity index (χ3n) is 3.28. The number of ether oxygens (including phenoxy) is 1. The quantitative estimate of drug-likeness (QED) is 0.820. The first-order valence-corrected chi connectivity index (χ1v) is 7.71. The molecule has 20 heavy (non-hydrogen) atoms. The first-order valence-electron chi connectivity index (χ1n) is 6.22. The zero-order valence-electron chi connectivity index (χ0n) is 10.7. The highest BCUT2D eigenvalue weighted by Crippen LogP contribution is 2.23. The molecule has 0 aliphatic carbocycles. The van der Waals surface area contributed by atoms with E-state index in [9.17, 15) is 17.2 Å². The smallest absolute Gasteiger partial charge is 0.243 e. The maximum atomic E-state index is 13.7. The molecule has 0 spiro atoms. The van der Waals surface area contributed by atoms with Gasteiger partial charge >= 0.3 is 0 Å².